The molecule has 25 heavy (non-hydrogen) atoms. The molecule has 4 rings (SSSR count). The first-order valence-corrected chi connectivity index (χ1v) is 8.05. The summed E-state index contributed by atoms with van der Waals surface area (Å²) in [5, 5.41) is 4.42. The summed E-state index contributed by atoms with van der Waals surface area (Å²) in [7, 11) is 0. The molecule has 0 atom stereocenters. The van der Waals surface area contributed by atoms with E-state index in [4.69, 9.17) is 0 Å². The molecule has 4 heteroatoms. The Bertz CT molecular complexity index is 1010. The SMILES string of the molecule is Cc1cnn(-c2ccc(-c3ccccc3)nc2)c1-c1ccccc1F. The lowest BCUT2D eigenvalue weighted by molar-refractivity contribution is 0.629. The zero-order valence-electron chi connectivity index (χ0n) is 13.7. The molecule has 0 N–H and O–H groups in total. The van der Waals surface area contributed by atoms with Gasteiger partial charge in [-0.2, -0.15) is 5.10 Å². The minimum Gasteiger partial charge on any atom is -0.254 e. The number of rotatable bonds is 3. The van der Waals surface area contributed by atoms with E-state index >= 15 is 0 Å². The molecule has 2 aromatic carbocycles. The largest absolute Gasteiger partial charge is 0.254 e. The van der Waals surface area contributed by atoms with E-state index in [0.717, 1.165) is 28.2 Å². The van der Waals surface area contributed by atoms with Crippen LogP contribution in [-0.4, -0.2) is 14.8 Å². The number of nitrogens with zero attached hydrogens (tertiary/aromatic N) is 3. The molecule has 0 aliphatic heterocycles. The molecular formula is C21H16FN3. The molecule has 2 aromatic heterocycles. The fourth-order valence-corrected chi connectivity index (χ4v) is 2.90. The molecule has 0 unspecified atom stereocenters. The van der Waals surface area contributed by atoms with Gasteiger partial charge in [-0.25, -0.2) is 9.07 Å². The molecule has 0 amide bonds. The van der Waals surface area contributed by atoms with Crippen molar-refractivity contribution in [2.75, 3.05) is 0 Å². The highest BCUT2D eigenvalue weighted by Crippen LogP contribution is 2.28. The van der Waals surface area contributed by atoms with Crippen LogP contribution in [0.3, 0.4) is 0 Å². The van der Waals surface area contributed by atoms with E-state index < -0.39 is 0 Å². The van der Waals surface area contributed by atoms with Gasteiger partial charge in [0.25, 0.3) is 0 Å². The van der Waals surface area contributed by atoms with Crippen LogP contribution in [0, 0.1) is 12.7 Å². The fraction of sp³-hybridized carbons (Fsp3) is 0.0476. The Morgan fingerprint density at radius 2 is 1.60 bits per heavy atom. The summed E-state index contributed by atoms with van der Waals surface area (Å²) in [4.78, 5) is 4.54. The second kappa shape index (κ2) is 6.32. The summed E-state index contributed by atoms with van der Waals surface area (Å²) >= 11 is 0. The third-order valence-electron chi connectivity index (χ3n) is 4.14. The Labute approximate surface area is 145 Å². The zero-order valence-corrected chi connectivity index (χ0v) is 13.7. The first kappa shape index (κ1) is 15.3. The second-order valence-electron chi connectivity index (χ2n) is 5.84. The van der Waals surface area contributed by atoms with E-state index in [1.807, 2.05) is 55.5 Å². The Morgan fingerprint density at radius 3 is 2.32 bits per heavy atom. The van der Waals surface area contributed by atoms with Gasteiger partial charge >= 0.3 is 0 Å². The smallest absolute Gasteiger partial charge is 0.132 e. The highest BCUT2D eigenvalue weighted by atomic mass is 19.1. The molecule has 0 fully saturated rings. The molecule has 122 valence electrons. The molecule has 0 radical (unpaired) electrons. The van der Waals surface area contributed by atoms with Crippen molar-refractivity contribution in [3.05, 3.63) is 90.5 Å². The first-order valence-electron chi connectivity index (χ1n) is 8.05. The van der Waals surface area contributed by atoms with Crippen molar-refractivity contribution < 1.29 is 4.39 Å². The fourth-order valence-electron chi connectivity index (χ4n) is 2.90. The van der Waals surface area contributed by atoms with Gasteiger partial charge in [-0.3, -0.25) is 4.98 Å². The van der Waals surface area contributed by atoms with Crippen molar-refractivity contribution in [2.24, 2.45) is 0 Å². The molecule has 0 aliphatic rings. The Kier molecular flexibility index (Phi) is 3.86. The van der Waals surface area contributed by atoms with Crippen LogP contribution in [0.15, 0.2) is 79.1 Å². The van der Waals surface area contributed by atoms with Crippen LogP contribution in [0.5, 0.6) is 0 Å². The number of pyridine rings is 1. The summed E-state index contributed by atoms with van der Waals surface area (Å²) in [5.41, 5.74) is 4.93. The maximum Gasteiger partial charge on any atom is 0.132 e. The zero-order chi connectivity index (χ0) is 17.2. The minimum atomic E-state index is -0.263. The predicted molar refractivity (Wildman–Crippen MR) is 96.9 cm³/mol. The average molecular weight is 329 g/mol. The molecule has 2 heterocycles. The predicted octanol–water partition coefficient (Wildman–Crippen LogP) is 5.05. The summed E-state index contributed by atoms with van der Waals surface area (Å²) in [6.07, 6.45) is 3.51. The molecule has 0 bridgehead atoms. The molecule has 3 nitrogen and oxygen atoms in total. The van der Waals surface area contributed by atoms with E-state index in [1.165, 1.54) is 6.07 Å². The van der Waals surface area contributed by atoms with E-state index in [2.05, 4.69) is 10.1 Å². The van der Waals surface area contributed by atoms with Crippen molar-refractivity contribution in [1.29, 1.82) is 0 Å². The van der Waals surface area contributed by atoms with Crippen LogP contribution >= 0.6 is 0 Å². The lowest BCUT2D eigenvalue weighted by Gasteiger charge is -2.10. The summed E-state index contributed by atoms with van der Waals surface area (Å²) in [6, 6.07) is 20.6. The van der Waals surface area contributed by atoms with Gasteiger partial charge in [-0.15, -0.1) is 0 Å². The summed E-state index contributed by atoms with van der Waals surface area (Å²) in [6.45, 7) is 1.93. The van der Waals surface area contributed by atoms with Crippen LogP contribution in [-0.2, 0) is 0 Å². The molecule has 4 aromatic rings. The highest BCUT2D eigenvalue weighted by molar-refractivity contribution is 5.66. The van der Waals surface area contributed by atoms with Crippen molar-refractivity contribution >= 4 is 0 Å². The van der Waals surface area contributed by atoms with Gasteiger partial charge in [0.2, 0.25) is 0 Å². The number of hydrogen-bond donors (Lipinski definition) is 0. The Hall–Kier alpha value is -3.27. The second-order valence-corrected chi connectivity index (χ2v) is 5.84. The highest BCUT2D eigenvalue weighted by Gasteiger charge is 2.15. The van der Waals surface area contributed by atoms with E-state index in [9.17, 15) is 4.39 Å². The van der Waals surface area contributed by atoms with Crippen LogP contribution < -0.4 is 0 Å². The quantitative estimate of drug-likeness (QED) is 0.526. The number of aromatic nitrogens is 3. The minimum absolute atomic E-state index is 0.263. The standard InChI is InChI=1S/C21H16FN3/c1-15-13-24-25(21(15)18-9-5-6-10-19(18)22)17-11-12-20(23-14-17)16-7-3-2-4-8-16/h2-14H,1H3. The molecule has 0 spiro atoms. The third kappa shape index (κ3) is 2.83. The third-order valence-corrected chi connectivity index (χ3v) is 4.14. The lowest BCUT2D eigenvalue weighted by atomic mass is 10.1. The van der Waals surface area contributed by atoms with Gasteiger partial charge < -0.3 is 0 Å². The molecule has 0 saturated heterocycles. The molecular weight excluding hydrogens is 313 g/mol. The van der Waals surface area contributed by atoms with Gasteiger partial charge in [0, 0.05) is 11.1 Å². The number of halogens is 1. The van der Waals surface area contributed by atoms with E-state index in [-0.39, 0.29) is 5.82 Å². The number of benzene rings is 2. The van der Waals surface area contributed by atoms with Crippen molar-refractivity contribution in [2.45, 2.75) is 6.92 Å². The normalized spacial score (nSPS) is 10.8. The van der Waals surface area contributed by atoms with Gasteiger partial charge in [-0.1, -0.05) is 42.5 Å². The Balaban J connectivity index is 1.78. The maximum atomic E-state index is 14.3. The van der Waals surface area contributed by atoms with Gasteiger partial charge in [0.1, 0.15) is 5.82 Å². The topological polar surface area (TPSA) is 30.7 Å². The van der Waals surface area contributed by atoms with Gasteiger partial charge in [-0.05, 0) is 36.8 Å². The van der Waals surface area contributed by atoms with Crippen LogP contribution in [0.4, 0.5) is 4.39 Å². The van der Waals surface area contributed by atoms with Crippen molar-refractivity contribution in [3.63, 3.8) is 0 Å². The van der Waals surface area contributed by atoms with Crippen molar-refractivity contribution in [3.8, 4) is 28.2 Å². The van der Waals surface area contributed by atoms with Gasteiger partial charge in [0.05, 0.1) is 29.5 Å². The Morgan fingerprint density at radius 1 is 0.840 bits per heavy atom. The van der Waals surface area contributed by atoms with Crippen LogP contribution in [0.2, 0.25) is 0 Å². The summed E-state index contributed by atoms with van der Waals surface area (Å²) < 4.78 is 16.0. The van der Waals surface area contributed by atoms with Crippen LogP contribution in [0.25, 0.3) is 28.2 Å². The lowest BCUT2D eigenvalue weighted by Crippen LogP contribution is -2.01. The average Bonchev–Trinajstić information content (AvgIpc) is 3.04. The number of hydrogen-bond acceptors (Lipinski definition) is 2. The molecule has 0 saturated carbocycles. The molecule has 0 aliphatic carbocycles. The first-order chi connectivity index (χ1) is 12.2. The van der Waals surface area contributed by atoms with E-state index in [1.54, 1.807) is 29.2 Å². The van der Waals surface area contributed by atoms with Crippen molar-refractivity contribution in [1.82, 2.24) is 14.8 Å². The summed E-state index contributed by atoms with van der Waals surface area (Å²) in [5.74, 6) is -0.263. The van der Waals surface area contributed by atoms with Gasteiger partial charge in [0.15, 0.2) is 0 Å². The number of aryl methyl sites for hydroxylation is 1. The monoisotopic (exact) mass is 329 g/mol. The van der Waals surface area contributed by atoms with E-state index in [0.29, 0.717) is 5.56 Å². The maximum absolute atomic E-state index is 14.3. The van der Waals surface area contributed by atoms with Crippen LogP contribution in [0.1, 0.15) is 5.56 Å².